The van der Waals surface area contributed by atoms with Crippen LogP contribution in [0.1, 0.15) is 54.2 Å². The Morgan fingerprint density at radius 1 is 1.17 bits per heavy atom. The van der Waals surface area contributed by atoms with E-state index in [0.717, 1.165) is 33.4 Å². The molecule has 2 aliphatic rings. The van der Waals surface area contributed by atoms with Crippen molar-refractivity contribution in [1.29, 1.82) is 5.26 Å². The van der Waals surface area contributed by atoms with Crippen LogP contribution in [0.2, 0.25) is 0 Å². The first kappa shape index (κ1) is 18.4. The first-order chi connectivity index (χ1) is 13.9. The molecule has 0 atom stereocenters. The summed E-state index contributed by atoms with van der Waals surface area (Å²) < 4.78 is 1.89. The fourth-order valence-electron chi connectivity index (χ4n) is 5.78. The number of aromatic amines is 1. The van der Waals surface area contributed by atoms with E-state index in [1.165, 1.54) is 44.5 Å². The number of fused-ring (bicyclic) bond motifs is 1. The monoisotopic (exact) mass is 388 g/mol. The Kier molecular flexibility index (Phi) is 4.08. The number of benzene rings is 1. The molecule has 1 aliphatic carbocycles. The maximum Gasteiger partial charge on any atom is 0.0999 e. The largest absolute Gasteiger partial charge is 0.305 e. The molecule has 1 saturated heterocycles. The number of aromatic nitrogens is 4. The minimum absolute atomic E-state index is 0.497. The number of hydrogen-bond acceptors (Lipinski definition) is 4. The van der Waals surface area contributed by atoms with Gasteiger partial charge in [0, 0.05) is 48.3 Å². The Hall–Kier alpha value is -2.65. The van der Waals surface area contributed by atoms with Crippen LogP contribution in [0.4, 0.5) is 0 Å². The summed E-state index contributed by atoms with van der Waals surface area (Å²) in [5.74, 6) is 0.497. The fourth-order valence-corrected chi connectivity index (χ4v) is 5.78. The van der Waals surface area contributed by atoms with Crippen LogP contribution >= 0.6 is 0 Å². The van der Waals surface area contributed by atoms with Gasteiger partial charge in [0.15, 0.2) is 0 Å². The maximum atomic E-state index is 9.78. The maximum absolute atomic E-state index is 9.78. The quantitative estimate of drug-likeness (QED) is 0.719. The normalized spacial score (nSPS) is 19.6. The number of nitrogens with one attached hydrogen (secondary N) is 1. The van der Waals surface area contributed by atoms with Gasteiger partial charge in [-0.25, -0.2) is 0 Å². The lowest BCUT2D eigenvalue weighted by molar-refractivity contribution is -0.0139. The third-order valence-electron chi connectivity index (χ3n) is 7.27. The number of aryl methyl sites for hydroxylation is 2. The van der Waals surface area contributed by atoms with Crippen LogP contribution < -0.4 is 0 Å². The van der Waals surface area contributed by atoms with E-state index in [9.17, 15) is 5.26 Å². The van der Waals surface area contributed by atoms with Crippen LogP contribution in [-0.2, 0) is 7.05 Å². The second kappa shape index (κ2) is 6.43. The molecule has 1 aliphatic heterocycles. The molecule has 150 valence electrons. The molecule has 1 aromatic carbocycles. The second-order valence-electron chi connectivity index (χ2n) is 9.28. The number of H-pyrrole nitrogens is 1. The van der Waals surface area contributed by atoms with Gasteiger partial charge < -0.3 is 4.90 Å². The van der Waals surface area contributed by atoms with Gasteiger partial charge in [-0.1, -0.05) is 0 Å². The number of nitrogens with zero attached hydrogens (tertiary/aromatic N) is 5. The van der Waals surface area contributed by atoms with Crippen LogP contribution in [0.3, 0.4) is 0 Å². The molecule has 0 amide bonds. The van der Waals surface area contributed by atoms with E-state index in [2.05, 4.69) is 41.2 Å². The SMILES string of the molecule is Cc1nn(C)c(C)c1-c1cc2c(C3CCC4(CC3)CN(C)C4)n[nH]c2cc1C#N. The van der Waals surface area contributed by atoms with Gasteiger partial charge >= 0.3 is 0 Å². The van der Waals surface area contributed by atoms with Crippen LogP contribution in [0.15, 0.2) is 12.1 Å². The third-order valence-corrected chi connectivity index (χ3v) is 7.27. The average molecular weight is 389 g/mol. The zero-order valence-corrected chi connectivity index (χ0v) is 17.7. The van der Waals surface area contributed by atoms with E-state index < -0.39 is 0 Å². The lowest BCUT2D eigenvalue weighted by Gasteiger charge is -2.52. The fraction of sp³-hybridized carbons (Fsp3) is 0.522. The molecule has 3 heterocycles. The number of likely N-dealkylation sites (tertiary alicyclic amines) is 1. The first-order valence-corrected chi connectivity index (χ1v) is 10.5. The van der Waals surface area contributed by atoms with Gasteiger partial charge in [0.2, 0.25) is 0 Å². The summed E-state index contributed by atoms with van der Waals surface area (Å²) in [6.07, 6.45) is 4.99. The van der Waals surface area contributed by atoms with Gasteiger partial charge in [0.25, 0.3) is 0 Å². The van der Waals surface area contributed by atoms with E-state index in [1.54, 1.807) is 0 Å². The highest BCUT2D eigenvalue weighted by Crippen LogP contribution is 2.48. The summed E-state index contributed by atoms with van der Waals surface area (Å²) in [7, 11) is 4.17. The van der Waals surface area contributed by atoms with Gasteiger partial charge in [-0.15, -0.1) is 0 Å². The molecular formula is C23H28N6. The predicted molar refractivity (Wildman–Crippen MR) is 114 cm³/mol. The minimum atomic E-state index is 0.497. The summed E-state index contributed by atoms with van der Waals surface area (Å²) in [6, 6.07) is 6.51. The molecule has 0 bridgehead atoms. The van der Waals surface area contributed by atoms with Crippen LogP contribution in [0.5, 0.6) is 0 Å². The molecule has 0 radical (unpaired) electrons. The molecule has 5 rings (SSSR count). The summed E-state index contributed by atoms with van der Waals surface area (Å²) in [4.78, 5) is 2.43. The van der Waals surface area contributed by atoms with Gasteiger partial charge in [-0.3, -0.25) is 9.78 Å². The Labute approximate surface area is 171 Å². The zero-order chi connectivity index (χ0) is 20.3. The van der Waals surface area contributed by atoms with Crippen molar-refractivity contribution in [3.8, 4) is 17.2 Å². The first-order valence-electron chi connectivity index (χ1n) is 10.5. The molecule has 1 saturated carbocycles. The molecule has 1 N–H and O–H groups in total. The van der Waals surface area contributed by atoms with Crippen molar-refractivity contribution in [2.24, 2.45) is 12.5 Å². The van der Waals surface area contributed by atoms with Gasteiger partial charge in [0.05, 0.1) is 28.5 Å². The van der Waals surface area contributed by atoms with Crippen LogP contribution in [0, 0.1) is 30.6 Å². The summed E-state index contributed by atoms with van der Waals surface area (Å²) in [5.41, 5.74) is 7.44. The lowest BCUT2D eigenvalue weighted by Crippen LogP contribution is -2.55. The minimum Gasteiger partial charge on any atom is -0.305 e. The van der Waals surface area contributed by atoms with Gasteiger partial charge in [-0.05, 0) is 64.1 Å². The number of rotatable bonds is 2. The van der Waals surface area contributed by atoms with Crippen molar-refractivity contribution in [1.82, 2.24) is 24.9 Å². The molecule has 6 nitrogen and oxygen atoms in total. The summed E-state index contributed by atoms with van der Waals surface area (Å²) >= 11 is 0. The standard InChI is InChI=1S/C23H28N6/c1-14-21(15(2)29(4)27-14)18-10-19-20(9-17(18)11-24)25-26-22(19)16-5-7-23(8-6-16)12-28(3)13-23/h9-10,16H,5-8,12-13H2,1-4H3,(H,25,26). The highest BCUT2D eigenvalue weighted by atomic mass is 15.3. The molecule has 2 aromatic heterocycles. The Morgan fingerprint density at radius 3 is 2.48 bits per heavy atom. The van der Waals surface area contributed by atoms with Crippen molar-refractivity contribution >= 4 is 10.9 Å². The summed E-state index contributed by atoms with van der Waals surface area (Å²) in [5, 5.41) is 23.4. The third kappa shape index (κ3) is 2.79. The molecule has 1 spiro atoms. The highest BCUT2D eigenvalue weighted by Gasteiger charge is 2.44. The molecule has 2 fully saturated rings. The van der Waals surface area contributed by atoms with Crippen molar-refractivity contribution < 1.29 is 0 Å². The average Bonchev–Trinajstić information content (AvgIpc) is 3.20. The van der Waals surface area contributed by atoms with Gasteiger partial charge in [0.1, 0.15) is 0 Å². The smallest absolute Gasteiger partial charge is 0.0999 e. The topological polar surface area (TPSA) is 73.5 Å². The summed E-state index contributed by atoms with van der Waals surface area (Å²) in [6.45, 7) is 6.57. The second-order valence-corrected chi connectivity index (χ2v) is 9.28. The number of hydrogen-bond donors (Lipinski definition) is 1. The van der Waals surface area contributed by atoms with E-state index >= 15 is 0 Å². The van der Waals surface area contributed by atoms with Crippen LogP contribution in [-0.4, -0.2) is 45.0 Å². The highest BCUT2D eigenvalue weighted by molar-refractivity contribution is 5.91. The molecule has 6 heteroatoms. The molecular weight excluding hydrogens is 360 g/mol. The van der Waals surface area contributed by atoms with Crippen molar-refractivity contribution in [3.63, 3.8) is 0 Å². The van der Waals surface area contributed by atoms with E-state index in [1.807, 2.05) is 24.7 Å². The zero-order valence-electron chi connectivity index (χ0n) is 17.7. The predicted octanol–water partition coefficient (Wildman–Crippen LogP) is 4.04. The van der Waals surface area contributed by atoms with Gasteiger partial charge in [-0.2, -0.15) is 15.5 Å². The number of nitriles is 1. The van der Waals surface area contributed by atoms with Crippen molar-refractivity contribution in [2.45, 2.75) is 45.4 Å². The van der Waals surface area contributed by atoms with Crippen molar-refractivity contribution in [2.75, 3.05) is 20.1 Å². The van der Waals surface area contributed by atoms with E-state index in [4.69, 9.17) is 5.10 Å². The van der Waals surface area contributed by atoms with Crippen molar-refractivity contribution in [3.05, 3.63) is 34.8 Å². The Balaban J connectivity index is 1.55. The molecule has 3 aromatic rings. The Bertz CT molecular complexity index is 1130. The van der Waals surface area contributed by atoms with E-state index in [0.29, 0.717) is 16.9 Å². The molecule has 0 unspecified atom stereocenters. The Morgan fingerprint density at radius 2 is 1.90 bits per heavy atom. The molecule has 29 heavy (non-hydrogen) atoms. The van der Waals surface area contributed by atoms with E-state index in [-0.39, 0.29) is 0 Å². The van der Waals surface area contributed by atoms with Crippen LogP contribution in [0.25, 0.3) is 22.0 Å². The lowest BCUT2D eigenvalue weighted by atomic mass is 9.65.